The van der Waals surface area contributed by atoms with Crippen LogP contribution in [0.4, 0.5) is 0 Å². The number of aromatic nitrogens is 2. The molecule has 0 aliphatic rings. The minimum atomic E-state index is -3.47. The van der Waals surface area contributed by atoms with E-state index in [-0.39, 0.29) is 27.6 Å². The summed E-state index contributed by atoms with van der Waals surface area (Å²) in [5, 5.41) is -0.0876. The summed E-state index contributed by atoms with van der Waals surface area (Å²) in [5.41, 5.74) is 0. The highest BCUT2D eigenvalue weighted by Gasteiger charge is 2.22. The van der Waals surface area contributed by atoms with Crippen LogP contribution in [0.25, 0.3) is 0 Å². The average Bonchev–Trinajstić information content (AvgIpc) is 2.17. The van der Waals surface area contributed by atoms with Crippen LogP contribution in [0.15, 0.2) is 17.6 Å². The van der Waals surface area contributed by atoms with Gasteiger partial charge in [-0.25, -0.2) is 18.4 Å². The Morgan fingerprint density at radius 1 is 1.53 bits per heavy atom. The van der Waals surface area contributed by atoms with Crippen LogP contribution < -0.4 is 0 Å². The Hall–Kier alpha value is -0.390. The maximum Gasteiger partial charge on any atom is 0.197 e. The van der Waals surface area contributed by atoms with E-state index in [0.29, 0.717) is 0 Å². The second-order valence-corrected chi connectivity index (χ2v) is 5.88. The van der Waals surface area contributed by atoms with Crippen molar-refractivity contribution in [1.82, 2.24) is 9.97 Å². The van der Waals surface area contributed by atoms with E-state index in [1.165, 1.54) is 6.20 Å². The van der Waals surface area contributed by atoms with Gasteiger partial charge in [0.05, 0.1) is 17.0 Å². The Labute approximate surface area is 98.6 Å². The minimum absolute atomic E-state index is 0.0410. The molecule has 15 heavy (non-hydrogen) atoms. The van der Waals surface area contributed by atoms with Crippen LogP contribution in [-0.2, 0) is 9.84 Å². The van der Waals surface area contributed by atoms with E-state index in [1.807, 2.05) is 0 Å². The van der Waals surface area contributed by atoms with Gasteiger partial charge in [0.15, 0.2) is 14.9 Å². The Morgan fingerprint density at radius 2 is 2.20 bits per heavy atom. The molecule has 0 fully saturated rings. The van der Waals surface area contributed by atoms with Gasteiger partial charge in [-0.2, -0.15) is 0 Å². The van der Waals surface area contributed by atoms with Crippen molar-refractivity contribution in [2.75, 3.05) is 11.6 Å². The first-order chi connectivity index (χ1) is 6.97. The van der Waals surface area contributed by atoms with Gasteiger partial charge in [0, 0.05) is 5.88 Å². The molecule has 4 nitrogen and oxygen atoms in total. The summed E-state index contributed by atoms with van der Waals surface area (Å²) in [6.07, 6.45) is 2.41. The molecule has 1 aromatic heterocycles. The van der Waals surface area contributed by atoms with Crippen LogP contribution in [0.5, 0.6) is 0 Å². The zero-order chi connectivity index (χ0) is 11.5. The zero-order valence-corrected chi connectivity index (χ0v) is 10.3. The van der Waals surface area contributed by atoms with E-state index in [2.05, 4.69) is 9.97 Å². The van der Waals surface area contributed by atoms with Gasteiger partial charge in [-0.1, -0.05) is 18.5 Å². The van der Waals surface area contributed by atoms with Crippen molar-refractivity contribution < 1.29 is 8.42 Å². The summed E-state index contributed by atoms with van der Waals surface area (Å²) in [4.78, 5) is 7.29. The minimum Gasteiger partial charge on any atom is -0.243 e. The summed E-state index contributed by atoms with van der Waals surface area (Å²) < 4.78 is 23.6. The largest absolute Gasteiger partial charge is 0.243 e. The lowest BCUT2D eigenvalue weighted by atomic mass is 10.3. The molecular formula is C8H10Cl2N2O2S. The van der Waals surface area contributed by atoms with Crippen molar-refractivity contribution in [1.29, 1.82) is 0 Å². The van der Waals surface area contributed by atoms with Gasteiger partial charge in [0.1, 0.15) is 6.33 Å². The molecule has 0 aliphatic heterocycles. The summed E-state index contributed by atoms with van der Waals surface area (Å²) in [6.45, 7) is 1.75. The summed E-state index contributed by atoms with van der Waals surface area (Å²) >= 11 is 11.3. The fourth-order valence-corrected chi connectivity index (χ4v) is 3.31. The van der Waals surface area contributed by atoms with Crippen molar-refractivity contribution in [3.8, 4) is 0 Å². The van der Waals surface area contributed by atoms with Gasteiger partial charge in [-0.05, 0) is 5.92 Å². The van der Waals surface area contributed by atoms with Crippen molar-refractivity contribution in [2.24, 2.45) is 5.92 Å². The van der Waals surface area contributed by atoms with Crippen molar-refractivity contribution >= 4 is 33.0 Å². The number of nitrogens with zero attached hydrogens (tertiary/aromatic N) is 2. The number of hydrogen-bond donors (Lipinski definition) is 0. The van der Waals surface area contributed by atoms with Gasteiger partial charge in [0.2, 0.25) is 0 Å². The summed E-state index contributed by atoms with van der Waals surface area (Å²) in [7, 11) is -3.47. The Bertz CT molecular complexity index is 436. The predicted octanol–water partition coefficient (Wildman–Crippen LogP) is 1.78. The number of sulfone groups is 1. The molecule has 1 rings (SSSR count). The molecule has 0 bridgehead atoms. The highest BCUT2D eigenvalue weighted by atomic mass is 35.5. The molecule has 0 aromatic carbocycles. The van der Waals surface area contributed by atoms with Gasteiger partial charge in [-0.15, -0.1) is 11.6 Å². The number of hydrogen-bond acceptors (Lipinski definition) is 4. The molecule has 0 spiro atoms. The van der Waals surface area contributed by atoms with Crippen LogP contribution in [0.3, 0.4) is 0 Å². The second kappa shape index (κ2) is 5.09. The third kappa shape index (κ3) is 3.29. The van der Waals surface area contributed by atoms with Crippen molar-refractivity contribution in [3.05, 3.63) is 17.5 Å². The molecule has 84 valence electrons. The molecule has 1 atom stereocenters. The number of rotatable bonds is 4. The zero-order valence-electron chi connectivity index (χ0n) is 8.02. The van der Waals surface area contributed by atoms with Gasteiger partial charge in [0.25, 0.3) is 0 Å². The lowest BCUT2D eigenvalue weighted by Crippen LogP contribution is -2.16. The number of alkyl halides is 1. The highest BCUT2D eigenvalue weighted by Crippen LogP contribution is 2.20. The maximum absolute atomic E-state index is 11.8. The Kier molecular flexibility index (Phi) is 4.31. The van der Waals surface area contributed by atoms with E-state index in [1.54, 1.807) is 6.92 Å². The summed E-state index contributed by atoms with van der Waals surface area (Å²) in [6, 6.07) is 0. The molecule has 1 heterocycles. The standard InChI is InChI=1S/C8H10Cl2N2O2S/c1-6(2-9)4-15(13,14)8-7(10)3-11-5-12-8/h3,5-6H,2,4H2,1H3. The first kappa shape index (κ1) is 12.7. The lowest BCUT2D eigenvalue weighted by molar-refractivity contribution is 0.579. The Morgan fingerprint density at radius 3 is 2.73 bits per heavy atom. The average molecular weight is 269 g/mol. The van der Waals surface area contributed by atoms with Crippen LogP contribution in [-0.4, -0.2) is 30.0 Å². The smallest absolute Gasteiger partial charge is 0.197 e. The first-order valence-corrected chi connectivity index (χ1v) is 6.78. The third-order valence-corrected chi connectivity index (χ3v) is 4.53. The highest BCUT2D eigenvalue weighted by molar-refractivity contribution is 7.91. The first-order valence-electron chi connectivity index (χ1n) is 4.21. The van der Waals surface area contributed by atoms with E-state index in [4.69, 9.17) is 23.2 Å². The monoisotopic (exact) mass is 268 g/mol. The fourth-order valence-electron chi connectivity index (χ4n) is 1.03. The molecular weight excluding hydrogens is 259 g/mol. The molecule has 0 radical (unpaired) electrons. The quantitative estimate of drug-likeness (QED) is 0.617. The van der Waals surface area contributed by atoms with Crippen LogP contribution in [0.2, 0.25) is 5.02 Å². The van der Waals surface area contributed by atoms with Crippen molar-refractivity contribution in [3.63, 3.8) is 0 Å². The lowest BCUT2D eigenvalue weighted by Gasteiger charge is -2.08. The fraction of sp³-hybridized carbons (Fsp3) is 0.500. The van der Waals surface area contributed by atoms with Crippen LogP contribution in [0, 0.1) is 5.92 Å². The molecule has 1 aromatic rings. The van der Waals surface area contributed by atoms with E-state index in [9.17, 15) is 8.42 Å². The molecule has 0 saturated heterocycles. The second-order valence-electron chi connectivity index (χ2n) is 3.22. The SMILES string of the molecule is CC(CCl)CS(=O)(=O)c1ncncc1Cl. The molecule has 0 aliphatic carbocycles. The topological polar surface area (TPSA) is 59.9 Å². The van der Waals surface area contributed by atoms with E-state index in [0.717, 1.165) is 6.33 Å². The van der Waals surface area contributed by atoms with Gasteiger partial charge >= 0.3 is 0 Å². The molecule has 1 unspecified atom stereocenters. The maximum atomic E-state index is 11.8. The summed E-state index contributed by atoms with van der Waals surface area (Å²) in [5.74, 6) is 0.0810. The number of halogens is 2. The van der Waals surface area contributed by atoms with Gasteiger partial charge < -0.3 is 0 Å². The van der Waals surface area contributed by atoms with Crippen LogP contribution in [0.1, 0.15) is 6.92 Å². The molecule has 0 saturated carbocycles. The molecule has 0 amide bonds. The normalized spacial score (nSPS) is 13.8. The van der Waals surface area contributed by atoms with Gasteiger partial charge in [-0.3, -0.25) is 0 Å². The van der Waals surface area contributed by atoms with Crippen molar-refractivity contribution in [2.45, 2.75) is 11.9 Å². The van der Waals surface area contributed by atoms with E-state index >= 15 is 0 Å². The third-order valence-electron chi connectivity index (χ3n) is 1.70. The van der Waals surface area contributed by atoms with E-state index < -0.39 is 9.84 Å². The molecule has 0 N–H and O–H groups in total. The van der Waals surface area contributed by atoms with Crippen LogP contribution >= 0.6 is 23.2 Å². The predicted molar refractivity (Wildman–Crippen MR) is 59.0 cm³/mol. The Balaban J connectivity index is 3.02. The molecule has 7 heteroatoms.